The van der Waals surface area contributed by atoms with Crippen LogP contribution in [0.25, 0.3) is 0 Å². The maximum absolute atomic E-state index is 12.9. The summed E-state index contributed by atoms with van der Waals surface area (Å²) in [5, 5.41) is 0. The van der Waals surface area contributed by atoms with Crippen molar-refractivity contribution in [2.75, 3.05) is 13.2 Å². The van der Waals surface area contributed by atoms with E-state index < -0.39 is 6.10 Å². The van der Waals surface area contributed by atoms with E-state index in [1.165, 1.54) is 225 Å². The van der Waals surface area contributed by atoms with Gasteiger partial charge in [-0.05, 0) is 109 Å². The Kier molecular flexibility index (Phi) is 62.2. The van der Waals surface area contributed by atoms with Gasteiger partial charge in [-0.3, -0.25) is 14.4 Å². The molecule has 1 unspecified atom stereocenters. The SMILES string of the molecule is CCCCC/C=C\C/C=C\CCCCCCCCCCCC(=O)OC(COC(=O)CCCCCCC/C=C\C/C=C\CCCCCC)COC(=O)CCCCCCCCCCCCC/C=C\CCCCCCCCCC. The molecular formula is C70H126O6. The third kappa shape index (κ3) is 62.0. The molecule has 0 fully saturated rings. The van der Waals surface area contributed by atoms with Crippen molar-refractivity contribution >= 4 is 17.9 Å². The number of ether oxygens (including phenoxy) is 3. The van der Waals surface area contributed by atoms with Crippen LogP contribution in [0, 0.1) is 0 Å². The van der Waals surface area contributed by atoms with E-state index in [2.05, 4.69) is 81.5 Å². The van der Waals surface area contributed by atoms with Gasteiger partial charge in [0.05, 0.1) is 0 Å². The fourth-order valence-corrected chi connectivity index (χ4v) is 9.68. The van der Waals surface area contributed by atoms with E-state index in [1.807, 2.05) is 0 Å². The second kappa shape index (κ2) is 64.6. The molecule has 0 radical (unpaired) electrons. The number of hydrogen-bond acceptors (Lipinski definition) is 6. The summed E-state index contributed by atoms with van der Waals surface area (Å²) in [6.45, 7) is 6.63. The summed E-state index contributed by atoms with van der Waals surface area (Å²) in [5.41, 5.74) is 0. The highest BCUT2D eigenvalue weighted by Crippen LogP contribution is 2.17. The molecule has 0 heterocycles. The van der Waals surface area contributed by atoms with Gasteiger partial charge >= 0.3 is 17.9 Å². The normalized spacial score (nSPS) is 12.4. The molecule has 442 valence electrons. The fourth-order valence-electron chi connectivity index (χ4n) is 9.68. The van der Waals surface area contributed by atoms with Crippen molar-refractivity contribution in [2.24, 2.45) is 0 Å². The fraction of sp³-hybridized carbons (Fsp3) is 0.814. The van der Waals surface area contributed by atoms with Gasteiger partial charge in [0.25, 0.3) is 0 Å². The molecule has 0 aliphatic carbocycles. The van der Waals surface area contributed by atoms with Crippen LogP contribution in [-0.4, -0.2) is 37.2 Å². The average molecular weight is 1060 g/mol. The van der Waals surface area contributed by atoms with Crippen molar-refractivity contribution in [1.82, 2.24) is 0 Å². The maximum Gasteiger partial charge on any atom is 0.306 e. The summed E-state index contributed by atoms with van der Waals surface area (Å²) >= 11 is 0. The zero-order chi connectivity index (χ0) is 55.0. The summed E-state index contributed by atoms with van der Waals surface area (Å²) in [7, 11) is 0. The Morgan fingerprint density at radius 3 is 0.776 bits per heavy atom. The molecule has 0 N–H and O–H groups in total. The lowest BCUT2D eigenvalue weighted by atomic mass is 10.0. The highest BCUT2D eigenvalue weighted by atomic mass is 16.6. The Hall–Kier alpha value is -2.89. The Bertz CT molecular complexity index is 1360. The Balaban J connectivity index is 4.34. The van der Waals surface area contributed by atoms with Crippen molar-refractivity contribution in [1.29, 1.82) is 0 Å². The molecular weight excluding hydrogens is 937 g/mol. The molecule has 0 spiro atoms. The third-order valence-corrected chi connectivity index (χ3v) is 14.7. The first-order valence-corrected chi connectivity index (χ1v) is 33.3. The second-order valence-electron chi connectivity index (χ2n) is 22.4. The third-order valence-electron chi connectivity index (χ3n) is 14.7. The van der Waals surface area contributed by atoms with Gasteiger partial charge in [0, 0.05) is 19.3 Å². The lowest BCUT2D eigenvalue weighted by Crippen LogP contribution is -2.30. The lowest BCUT2D eigenvalue weighted by molar-refractivity contribution is -0.167. The van der Waals surface area contributed by atoms with E-state index in [-0.39, 0.29) is 31.1 Å². The highest BCUT2D eigenvalue weighted by Gasteiger charge is 2.19. The molecule has 6 nitrogen and oxygen atoms in total. The molecule has 0 rings (SSSR count). The summed E-state index contributed by atoms with van der Waals surface area (Å²) in [4.78, 5) is 38.4. The first kappa shape index (κ1) is 73.1. The Labute approximate surface area is 472 Å². The number of carbonyl (C=O) groups is 3. The number of unbranched alkanes of at least 4 members (excludes halogenated alkanes) is 40. The smallest absolute Gasteiger partial charge is 0.306 e. The molecule has 6 heteroatoms. The van der Waals surface area contributed by atoms with Gasteiger partial charge in [0.2, 0.25) is 0 Å². The molecule has 0 aliphatic heterocycles. The Morgan fingerprint density at radius 2 is 0.474 bits per heavy atom. The number of allylic oxidation sites excluding steroid dienone is 10. The largest absolute Gasteiger partial charge is 0.462 e. The average Bonchev–Trinajstić information content (AvgIpc) is 3.42. The van der Waals surface area contributed by atoms with Crippen LogP contribution in [-0.2, 0) is 28.6 Å². The summed E-state index contributed by atoms with van der Waals surface area (Å²) in [5.74, 6) is -0.879. The molecule has 76 heavy (non-hydrogen) atoms. The molecule has 0 saturated heterocycles. The second-order valence-corrected chi connectivity index (χ2v) is 22.4. The van der Waals surface area contributed by atoms with Crippen LogP contribution in [0.2, 0.25) is 0 Å². The number of esters is 3. The van der Waals surface area contributed by atoms with Crippen LogP contribution in [0.3, 0.4) is 0 Å². The zero-order valence-corrected chi connectivity index (χ0v) is 50.8. The highest BCUT2D eigenvalue weighted by molar-refractivity contribution is 5.71. The van der Waals surface area contributed by atoms with E-state index in [4.69, 9.17) is 14.2 Å². The number of carbonyl (C=O) groups excluding carboxylic acids is 3. The van der Waals surface area contributed by atoms with Crippen molar-refractivity contribution in [3.63, 3.8) is 0 Å². The first-order valence-electron chi connectivity index (χ1n) is 33.3. The van der Waals surface area contributed by atoms with E-state index in [0.29, 0.717) is 19.3 Å². The van der Waals surface area contributed by atoms with Crippen molar-refractivity contribution in [3.8, 4) is 0 Å². The van der Waals surface area contributed by atoms with Gasteiger partial charge in [0.15, 0.2) is 6.10 Å². The maximum atomic E-state index is 12.9. The van der Waals surface area contributed by atoms with Crippen LogP contribution in [0.1, 0.15) is 348 Å². The van der Waals surface area contributed by atoms with Gasteiger partial charge in [0.1, 0.15) is 13.2 Å². The molecule has 0 aromatic heterocycles. The van der Waals surface area contributed by atoms with Gasteiger partial charge in [-0.15, -0.1) is 0 Å². The molecule has 0 amide bonds. The molecule has 1 atom stereocenters. The predicted octanol–water partition coefficient (Wildman–Crippen LogP) is 22.7. The quantitative estimate of drug-likeness (QED) is 0.0261. The lowest BCUT2D eigenvalue weighted by Gasteiger charge is -2.18. The monoisotopic (exact) mass is 1060 g/mol. The summed E-state index contributed by atoms with van der Waals surface area (Å²) in [6.07, 6.45) is 82.3. The molecule has 0 aromatic rings. The van der Waals surface area contributed by atoms with E-state index >= 15 is 0 Å². The summed E-state index contributed by atoms with van der Waals surface area (Å²) < 4.78 is 17.0. The first-order chi connectivity index (χ1) is 37.5. The van der Waals surface area contributed by atoms with Crippen LogP contribution in [0.5, 0.6) is 0 Å². The van der Waals surface area contributed by atoms with Gasteiger partial charge in [-0.1, -0.05) is 281 Å². The topological polar surface area (TPSA) is 78.9 Å². The van der Waals surface area contributed by atoms with Crippen LogP contribution in [0.15, 0.2) is 60.8 Å². The standard InChI is InChI=1S/C70H126O6/c1-4-7-10-13-16-19-22-25-28-31-33-34-35-36-38-39-42-45-48-51-54-57-60-63-69(72)75-66-67(65-74-68(71)62-59-56-53-50-47-44-41-30-27-24-21-18-15-12-9-6-3)76-70(73)64-61-58-55-52-49-46-43-40-37-32-29-26-23-20-17-14-11-8-5-2/h17,20-21,24,26,29-31,33,41,67H,4-16,18-19,22-23,25,27-28,32,34-40,42-66H2,1-3H3/b20-17-,24-21-,29-26-,33-31-,41-30-. The van der Waals surface area contributed by atoms with Gasteiger partial charge in [-0.25, -0.2) is 0 Å². The van der Waals surface area contributed by atoms with Gasteiger partial charge < -0.3 is 14.2 Å². The predicted molar refractivity (Wildman–Crippen MR) is 330 cm³/mol. The minimum atomic E-state index is -0.784. The van der Waals surface area contributed by atoms with E-state index in [9.17, 15) is 14.4 Å². The summed E-state index contributed by atoms with van der Waals surface area (Å²) in [6, 6.07) is 0. The zero-order valence-electron chi connectivity index (χ0n) is 50.8. The van der Waals surface area contributed by atoms with Crippen LogP contribution in [0.4, 0.5) is 0 Å². The Morgan fingerprint density at radius 1 is 0.263 bits per heavy atom. The van der Waals surface area contributed by atoms with Crippen molar-refractivity contribution < 1.29 is 28.6 Å². The number of rotatable bonds is 61. The minimum Gasteiger partial charge on any atom is -0.462 e. The molecule has 0 aromatic carbocycles. The van der Waals surface area contributed by atoms with E-state index in [1.54, 1.807) is 0 Å². The molecule has 0 bridgehead atoms. The van der Waals surface area contributed by atoms with Crippen LogP contribution < -0.4 is 0 Å². The van der Waals surface area contributed by atoms with Crippen molar-refractivity contribution in [2.45, 2.75) is 354 Å². The van der Waals surface area contributed by atoms with Crippen LogP contribution >= 0.6 is 0 Å². The molecule has 0 aliphatic rings. The van der Waals surface area contributed by atoms with Gasteiger partial charge in [-0.2, -0.15) is 0 Å². The minimum absolute atomic E-state index is 0.0789. The van der Waals surface area contributed by atoms with E-state index in [0.717, 1.165) is 83.5 Å². The molecule has 0 saturated carbocycles. The number of hydrogen-bond donors (Lipinski definition) is 0. The van der Waals surface area contributed by atoms with Crippen molar-refractivity contribution in [3.05, 3.63) is 60.8 Å².